The lowest BCUT2D eigenvalue weighted by molar-refractivity contribution is -0.115. The predicted octanol–water partition coefficient (Wildman–Crippen LogP) is 4.59. The summed E-state index contributed by atoms with van der Waals surface area (Å²) in [6, 6.07) is 16.5. The minimum absolute atomic E-state index is 0.238. The molecule has 6 nitrogen and oxygen atoms in total. The number of ether oxygens (including phenoxy) is 1. The Morgan fingerprint density at radius 2 is 1.74 bits per heavy atom. The minimum Gasteiger partial charge on any atom is -0.497 e. The van der Waals surface area contributed by atoms with Crippen molar-refractivity contribution in [3.8, 4) is 5.75 Å². The first-order valence-corrected chi connectivity index (χ1v) is 10.6. The van der Waals surface area contributed by atoms with Crippen LogP contribution in [0.25, 0.3) is 0 Å². The highest BCUT2D eigenvalue weighted by Gasteiger charge is 2.27. The first-order valence-electron chi connectivity index (χ1n) is 9.76. The van der Waals surface area contributed by atoms with Crippen molar-refractivity contribution in [3.05, 3.63) is 82.5 Å². The Balaban J connectivity index is 2.01. The number of carbonyl (C=O) groups excluding carboxylic acids is 2. The Morgan fingerprint density at radius 3 is 2.39 bits per heavy atom. The molecule has 0 saturated carbocycles. The molecule has 0 spiro atoms. The van der Waals surface area contributed by atoms with Gasteiger partial charge >= 0.3 is 0 Å². The van der Waals surface area contributed by atoms with Crippen LogP contribution in [0.2, 0.25) is 0 Å². The van der Waals surface area contributed by atoms with E-state index in [0.29, 0.717) is 22.0 Å². The Hall–Kier alpha value is -3.32. The molecule has 1 atom stereocenters. The van der Waals surface area contributed by atoms with Gasteiger partial charge in [0.25, 0.3) is 5.91 Å². The number of nitrogens with one attached hydrogen (secondary N) is 1. The smallest absolute Gasteiger partial charge is 0.251 e. The van der Waals surface area contributed by atoms with Gasteiger partial charge in [-0.25, -0.2) is 4.98 Å². The fraction of sp³-hybridized carbons (Fsp3) is 0.208. The lowest BCUT2D eigenvalue weighted by Crippen LogP contribution is -2.21. The minimum atomic E-state index is -0.639. The van der Waals surface area contributed by atoms with Crippen molar-refractivity contribution in [1.29, 1.82) is 0 Å². The summed E-state index contributed by atoms with van der Waals surface area (Å²) < 4.78 is 5.24. The number of carbonyl (C=O) groups is 2. The fourth-order valence-electron chi connectivity index (χ4n) is 3.21. The van der Waals surface area contributed by atoms with Crippen LogP contribution in [0.4, 0.5) is 5.69 Å². The zero-order chi connectivity index (χ0) is 22.5. The summed E-state index contributed by atoms with van der Waals surface area (Å²) >= 11 is 1.22. The molecular weight excluding hydrogens is 410 g/mol. The van der Waals surface area contributed by atoms with Crippen molar-refractivity contribution < 1.29 is 14.3 Å². The maximum atomic E-state index is 13.3. The van der Waals surface area contributed by atoms with E-state index in [9.17, 15) is 9.59 Å². The summed E-state index contributed by atoms with van der Waals surface area (Å²) in [5.74, 6) is -0.155. The molecule has 0 fully saturated rings. The number of thioether (sulfide) groups is 1. The molecule has 7 heteroatoms. The van der Waals surface area contributed by atoms with Gasteiger partial charge in [0.15, 0.2) is 0 Å². The van der Waals surface area contributed by atoms with Crippen LogP contribution in [0, 0.1) is 20.8 Å². The van der Waals surface area contributed by atoms with E-state index in [1.807, 2.05) is 51.1 Å². The van der Waals surface area contributed by atoms with Crippen LogP contribution in [-0.4, -0.2) is 23.9 Å². The van der Waals surface area contributed by atoms with Gasteiger partial charge in [-0.05, 0) is 49.6 Å². The average Bonchev–Trinajstić information content (AvgIpc) is 2.76. The van der Waals surface area contributed by atoms with Crippen molar-refractivity contribution in [2.45, 2.75) is 31.0 Å². The number of aromatic nitrogens is 1. The number of nitrogens with two attached hydrogens (primary N) is 1. The number of benzene rings is 2. The van der Waals surface area contributed by atoms with Crippen molar-refractivity contribution in [2.24, 2.45) is 5.73 Å². The van der Waals surface area contributed by atoms with Crippen LogP contribution < -0.4 is 15.8 Å². The number of nitrogens with zero attached hydrogens (tertiary/aromatic N) is 1. The highest BCUT2D eigenvalue weighted by molar-refractivity contribution is 8.00. The Kier molecular flexibility index (Phi) is 6.97. The molecule has 3 rings (SSSR count). The number of hydrogen-bond acceptors (Lipinski definition) is 5. The van der Waals surface area contributed by atoms with Crippen molar-refractivity contribution in [1.82, 2.24) is 4.98 Å². The Bertz CT molecular complexity index is 1120. The molecule has 2 amide bonds. The summed E-state index contributed by atoms with van der Waals surface area (Å²) in [4.78, 5) is 30.1. The zero-order valence-electron chi connectivity index (χ0n) is 17.9. The predicted molar refractivity (Wildman–Crippen MR) is 124 cm³/mol. The van der Waals surface area contributed by atoms with Gasteiger partial charge in [0, 0.05) is 17.4 Å². The maximum Gasteiger partial charge on any atom is 0.251 e. The van der Waals surface area contributed by atoms with Gasteiger partial charge < -0.3 is 15.8 Å². The monoisotopic (exact) mass is 435 g/mol. The molecule has 31 heavy (non-hydrogen) atoms. The molecule has 0 aliphatic rings. The Morgan fingerprint density at radius 1 is 1.03 bits per heavy atom. The molecule has 3 N–H and O–H groups in total. The van der Waals surface area contributed by atoms with Crippen LogP contribution in [0.5, 0.6) is 5.75 Å². The second-order valence-corrected chi connectivity index (χ2v) is 8.22. The third-order valence-electron chi connectivity index (χ3n) is 5.12. The highest BCUT2D eigenvalue weighted by atomic mass is 32.2. The highest BCUT2D eigenvalue weighted by Crippen LogP contribution is 2.38. The van der Waals surface area contributed by atoms with E-state index in [1.165, 1.54) is 11.8 Å². The second-order valence-electron chi connectivity index (χ2n) is 7.12. The van der Waals surface area contributed by atoms with Crippen molar-refractivity contribution in [2.75, 3.05) is 12.4 Å². The van der Waals surface area contributed by atoms with E-state index in [1.54, 1.807) is 31.4 Å². The van der Waals surface area contributed by atoms with Crippen LogP contribution in [-0.2, 0) is 4.79 Å². The van der Waals surface area contributed by atoms with Gasteiger partial charge in [0.2, 0.25) is 5.91 Å². The summed E-state index contributed by atoms with van der Waals surface area (Å²) in [5.41, 5.74) is 9.92. The summed E-state index contributed by atoms with van der Waals surface area (Å²) in [7, 11) is 1.57. The maximum absolute atomic E-state index is 13.3. The lowest BCUT2D eigenvalue weighted by atomic mass is 10.0. The largest absolute Gasteiger partial charge is 0.497 e. The first kappa shape index (κ1) is 22.4. The van der Waals surface area contributed by atoms with Gasteiger partial charge in [-0.15, -0.1) is 0 Å². The van der Waals surface area contributed by atoms with Crippen molar-refractivity contribution in [3.63, 3.8) is 0 Å². The van der Waals surface area contributed by atoms with Crippen LogP contribution >= 0.6 is 11.8 Å². The van der Waals surface area contributed by atoms with E-state index >= 15 is 0 Å². The molecule has 0 bridgehead atoms. The van der Waals surface area contributed by atoms with E-state index in [-0.39, 0.29) is 5.91 Å². The molecule has 3 aromatic rings. The fourth-order valence-corrected chi connectivity index (χ4v) is 4.45. The van der Waals surface area contributed by atoms with E-state index in [2.05, 4.69) is 10.3 Å². The second kappa shape index (κ2) is 9.66. The Labute approximate surface area is 186 Å². The van der Waals surface area contributed by atoms with Crippen molar-refractivity contribution >= 4 is 29.3 Å². The summed E-state index contributed by atoms with van der Waals surface area (Å²) in [6.45, 7) is 5.63. The molecule has 2 aromatic carbocycles. The van der Waals surface area contributed by atoms with Gasteiger partial charge in [0.05, 0.1) is 12.7 Å². The number of rotatable bonds is 7. The van der Waals surface area contributed by atoms with E-state index in [4.69, 9.17) is 10.5 Å². The number of aryl methyl sites for hydroxylation is 1. The van der Waals surface area contributed by atoms with E-state index < -0.39 is 11.2 Å². The molecule has 160 valence electrons. The third kappa shape index (κ3) is 5.06. The number of primary amides is 1. The topological polar surface area (TPSA) is 94.3 Å². The number of methoxy groups -OCH3 is 1. The quantitative estimate of drug-likeness (QED) is 0.530. The summed E-state index contributed by atoms with van der Waals surface area (Å²) in [6.07, 6.45) is 0. The molecule has 0 aliphatic carbocycles. The molecule has 0 aliphatic heterocycles. The average molecular weight is 436 g/mol. The third-order valence-corrected chi connectivity index (χ3v) is 6.36. The van der Waals surface area contributed by atoms with Crippen LogP contribution in [0.1, 0.15) is 38.0 Å². The molecule has 0 unspecified atom stereocenters. The normalized spacial score (nSPS) is 11.6. The van der Waals surface area contributed by atoms with Crippen LogP contribution in [0.15, 0.2) is 59.6 Å². The number of amides is 2. The SMILES string of the molecule is COc1cccc(NC(=O)[C@H](Sc2nc(C)c(C)c(C)c2C(N)=O)c2ccccc2)c1. The van der Waals surface area contributed by atoms with Crippen LogP contribution in [0.3, 0.4) is 0 Å². The zero-order valence-corrected chi connectivity index (χ0v) is 18.7. The molecule has 1 aromatic heterocycles. The van der Waals surface area contributed by atoms with Gasteiger partial charge in [-0.3, -0.25) is 9.59 Å². The first-order chi connectivity index (χ1) is 14.8. The number of anilines is 1. The molecule has 1 heterocycles. The van der Waals surface area contributed by atoms with Gasteiger partial charge in [-0.1, -0.05) is 48.2 Å². The number of hydrogen-bond donors (Lipinski definition) is 2. The standard InChI is InChI=1S/C24H25N3O3S/c1-14-15(2)20(22(25)28)24(26-16(14)3)31-21(17-9-6-5-7-10-17)23(29)27-18-11-8-12-19(13-18)30-4/h5-13,21H,1-4H3,(H2,25,28)(H,27,29)/t21-/m1/s1. The van der Waals surface area contributed by atoms with Gasteiger partial charge in [0.1, 0.15) is 16.0 Å². The molecule has 0 saturated heterocycles. The van der Waals surface area contributed by atoms with Gasteiger partial charge in [-0.2, -0.15) is 0 Å². The lowest BCUT2D eigenvalue weighted by Gasteiger charge is -2.20. The number of pyridine rings is 1. The summed E-state index contributed by atoms with van der Waals surface area (Å²) in [5, 5.41) is 2.75. The molecule has 0 radical (unpaired) electrons. The van der Waals surface area contributed by atoms with E-state index in [0.717, 1.165) is 22.4 Å². The molecular formula is C24H25N3O3S.